The largest absolute Gasteiger partial charge is 0.497 e. The monoisotopic (exact) mass is 422 g/mol. The van der Waals surface area contributed by atoms with E-state index in [1.165, 1.54) is 0 Å². The molecule has 1 N–H and O–H groups in total. The number of anilines is 1. The van der Waals surface area contributed by atoms with Gasteiger partial charge in [0.1, 0.15) is 18.1 Å². The molecule has 0 atom stereocenters. The van der Waals surface area contributed by atoms with Crippen LogP contribution in [-0.4, -0.2) is 49.4 Å². The van der Waals surface area contributed by atoms with Crippen LogP contribution in [0, 0.1) is 5.92 Å². The third-order valence-corrected chi connectivity index (χ3v) is 5.31. The molecule has 1 saturated heterocycles. The average molecular weight is 422 g/mol. The first kappa shape index (κ1) is 20.7. The highest BCUT2D eigenvalue weighted by atomic mass is 16.5. The molecule has 162 valence electrons. The first-order valence-corrected chi connectivity index (χ1v) is 10.4. The van der Waals surface area contributed by atoms with Gasteiger partial charge in [-0.25, -0.2) is 0 Å². The summed E-state index contributed by atoms with van der Waals surface area (Å²) in [4.78, 5) is 19.0. The normalized spacial score (nSPS) is 14.3. The molecule has 1 aliphatic heterocycles. The Morgan fingerprint density at radius 2 is 1.84 bits per heavy atom. The van der Waals surface area contributed by atoms with E-state index in [9.17, 15) is 4.79 Å². The van der Waals surface area contributed by atoms with Gasteiger partial charge in [0.05, 0.1) is 13.7 Å². The number of nitrogens with zero attached hydrogens (tertiary/aromatic N) is 3. The maximum Gasteiger partial charge on any atom is 0.324 e. The predicted molar refractivity (Wildman–Crippen MR) is 116 cm³/mol. The molecule has 1 aliphatic rings. The molecule has 0 aliphatic carbocycles. The van der Waals surface area contributed by atoms with Crippen molar-refractivity contribution in [2.75, 3.05) is 38.3 Å². The molecule has 8 heteroatoms. The van der Waals surface area contributed by atoms with Gasteiger partial charge < -0.3 is 24.2 Å². The minimum atomic E-state index is -0.0167. The summed E-state index contributed by atoms with van der Waals surface area (Å²) in [6.45, 7) is 2.33. The van der Waals surface area contributed by atoms with Gasteiger partial charge in [-0.1, -0.05) is 23.4 Å². The van der Waals surface area contributed by atoms with E-state index in [0.29, 0.717) is 38.1 Å². The second-order valence-corrected chi connectivity index (χ2v) is 7.34. The van der Waals surface area contributed by atoms with Crippen molar-refractivity contribution >= 4 is 11.9 Å². The second kappa shape index (κ2) is 9.97. The van der Waals surface area contributed by atoms with Crippen LogP contribution in [0.2, 0.25) is 0 Å². The Morgan fingerprint density at radius 1 is 1.10 bits per heavy atom. The lowest BCUT2D eigenvalue weighted by molar-refractivity contribution is -0.125. The Hall–Kier alpha value is -3.55. The number of hydrogen-bond donors (Lipinski definition) is 1. The zero-order valence-electron chi connectivity index (χ0n) is 17.5. The Kier molecular flexibility index (Phi) is 6.66. The number of piperidine rings is 1. The lowest BCUT2D eigenvalue weighted by Crippen LogP contribution is -2.41. The average Bonchev–Trinajstić information content (AvgIpc) is 3.33. The summed E-state index contributed by atoms with van der Waals surface area (Å²) in [5, 5.41) is 7.05. The Morgan fingerprint density at radius 3 is 2.55 bits per heavy atom. The summed E-state index contributed by atoms with van der Waals surface area (Å²) in [5.41, 5.74) is 0.864. The number of carbonyl (C=O) groups is 1. The summed E-state index contributed by atoms with van der Waals surface area (Å²) < 4.78 is 16.2. The van der Waals surface area contributed by atoms with E-state index in [1.807, 2.05) is 59.5 Å². The van der Waals surface area contributed by atoms with Crippen LogP contribution in [0.15, 0.2) is 59.1 Å². The lowest BCUT2D eigenvalue weighted by Gasteiger charge is -2.29. The van der Waals surface area contributed by atoms with Crippen LogP contribution in [-0.2, 0) is 4.79 Å². The van der Waals surface area contributed by atoms with Crippen molar-refractivity contribution in [2.45, 2.75) is 12.8 Å². The lowest BCUT2D eigenvalue weighted by atomic mass is 9.96. The standard InChI is InChI=1S/C23H26N4O4/c1-29-19-9-7-17(8-10-19)21-25-23(31-26-21)27-14-11-18(12-15-27)22(28)24-13-16-30-20-5-3-2-4-6-20/h2-10,18H,11-16H2,1H3,(H,24,28). The van der Waals surface area contributed by atoms with Crippen LogP contribution < -0.4 is 19.7 Å². The fraction of sp³-hybridized carbons (Fsp3) is 0.348. The van der Waals surface area contributed by atoms with Gasteiger partial charge in [0.25, 0.3) is 0 Å². The fourth-order valence-electron chi connectivity index (χ4n) is 3.54. The van der Waals surface area contributed by atoms with Crippen molar-refractivity contribution < 1.29 is 18.8 Å². The smallest absolute Gasteiger partial charge is 0.324 e. The molecule has 0 spiro atoms. The highest BCUT2D eigenvalue weighted by Crippen LogP contribution is 2.25. The quantitative estimate of drug-likeness (QED) is 0.558. The van der Waals surface area contributed by atoms with Gasteiger partial charge in [-0.15, -0.1) is 0 Å². The summed E-state index contributed by atoms with van der Waals surface area (Å²) >= 11 is 0. The molecule has 1 aromatic heterocycles. The van der Waals surface area contributed by atoms with Gasteiger partial charge in [0.2, 0.25) is 11.7 Å². The molecule has 3 aromatic rings. The zero-order chi connectivity index (χ0) is 21.5. The van der Waals surface area contributed by atoms with Gasteiger partial charge in [-0.05, 0) is 49.2 Å². The number of rotatable bonds is 8. The molecule has 4 rings (SSSR count). The highest BCUT2D eigenvalue weighted by Gasteiger charge is 2.27. The molecule has 0 radical (unpaired) electrons. The van der Waals surface area contributed by atoms with E-state index in [1.54, 1.807) is 7.11 Å². The van der Waals surface area contributed by atoms with Crippen LogP contribution in [0.3, 0.4) is 0 Å². The SMILES string of the molecule is COc1ccc(-c2noc(N3CCC(C(=O)NCCOc4ccccc4)CC3)n2)cc1. The number of benzene rings is 2. The van der Waals surface area contributed by atoms with Crippen molar-refractivity contribution in [1.29, 1.82) is 0 Å². The number of amides is 1. The molecular formula is C23H26N4O4. The number of ether oxygens (including phenoxy) is 2. The van der Waals surface area contributed by atoms with E-state index >= 15 is 0 Å². The molecule has 2 aromatic carbocycles. The number of hydrogen-bond acceptors (Lipinski definition) is 7. The third kappa shape index (κ3) is 5.33. The van der Waals surface area contributed by atoms with E-state index < -0.39 is 0 Å². The molecule has 0 bridgehead atoms. The van der Waals surface area contributed by atoms with E-state index in [4.69, 9.17) is 14.0 Å². The van der Waals surface area contributed by atoms with Crippen LogP contribution in [0.25, 0.3) is 11.4 Å². The topological polar surface area (TPSA) is 89.7 Å². The van der Waals surface area contributed by atoms with E-state index in [-0.39, 0.29) is 11.8 Å². The van der Waals surface area contributed by atoms with Gasteiger partial charge in [-0.3, -0.25) is 4.79 Å². The summed E-state index contributed by atoms with van der Waals surface area (Å²) in [5.74, 6) is 2.17. The van der Waals surface area contributed by atoms with Crippen LogP contribution in [0.4, 0.5) is 6.01 Å². The predicted octanol–water partition coefficient (Wildman–Crippen LogP) is 3.16. The van der Waals surface area contributed by atoms with Crippen molar-refractivity contribution in [3.8, 4) is 22.9 Å². The first-order valence-electron chi connectivity index (χ1n) is 10.4. The molecule has 1 fully saturated rings. The van der Waals surface area contributed by atoms with Gasteiger partial charge in [0.15, 0.2) is 0 Å². The maximum atomic E-state index is 12.4. The van der Waals surface area contributed by atoms with Crippen LogP contribution >= 0.6 is 0 Å². The van der Waals surface area contributed by atoms with Crippen LogP contribution in [0.5, 0.6) is 11.5 Å². The van der Waals surface area contributed by atoms with Crippen LogP contribution in [0.1, 0.15) is 12.8 Å². The van der Waals surface area contributed by atoms with Gasteiger partial charge >= 0.3 is 6.01 Å². The minimum Gasteiger partial charge on any atom is -0.497 e. The number of para-hydroxylation sites is 1. The molecule has 0 saturated carbocycles. The van der Waals surface area contributed by atoms with E-state index in [0.717, 1.165) is 29.9 Å². The maximum absolute atomic E-state index is 12.4. The van der Waals surface area contributed by atoms with Crippen molar-refractivity contribution in [3.63, 3.8) is 0 Å². The Balaban J connectivity index is 1.22. The van der Waals surface area contributed by atoms with Gasteiger partial charge in [-0.2, -0.15) is 4.98 Å². The van der Waals surface area contributed by atoms with Gasteiger partial charge in [0, 0.05) is 24.6 Å². The van der Waals surface area contributed by atoms with Crippen molar-refractivity contribution in [2.24, 2.45) is 5.92 Å². The summed E-state index contributed by atoms with van der Waals surface area (Å²) in [7, 11) is 1.63. The third-order valence-electron chi connectivity index (χ3n) is 5.31. The molecule has 0 unspecified atom stereocenters. The fourth-order valence-corrected chi connectivity index (χ4v) is 3.54. The Bertz CT molecular complexity index is 967. The molecule has 31 heavy (non-hydrogen) atoms. The summed E-state index contributed by atoms with van der Waals surface area (Å²) in [6.07, 6.45) is 1.48. The molecule has 2 heterocycles. The molecule has 8 nitrogen and oxygen atoms in total. The summed E-state index contributed by atoms with van der Waals surface area (Å²) in [6, 6.07) is 17.6. The van der Waals surface area contributed by atoms with Crippen molar-refractivity contribution in [3.05, 3.63) is 54.6 Å². The highest BCUT2D eigenvalue weighted by molar-refractivity contribution is 5.78. The Labute approximate surface area is 181 Å². The number of carbonyl (C=O) groups excluding carboxylic acids is 1. The number of methoxy groups -OCH3 is 1. The molecular weight excluding hydrogens is 396 g/mol. The minimum absolute atomic E-state index is 0.0167. The molecule has 1 amide bonds. The number of aromatic nitrogens is 2. The zero-order valence-corrected chi connectivity index (χ0v) is 17.5. The number of nitrogens with one attached hydrogen (secondary N) is 1. The second-order valence-electron chi connectivity index (χ2n) is 7.34. The van der Waals surface area contributed by atoms with Crippen molar-refractivity contribution in [1.82, 2.24) is 15.5 Å². The first-order chi connectivity index (χ1) is 15.2. The van der Waals surface area contributed by atoms with E-state index in [2.05, 4.69) is 15.5 Å².